The maximum Gasteiger partial charge on any atom is 0.312 e. The van der Waals surface area contributed by atoms with Crippen molar-refractivity contribution in [3.05, 3.63) is 70.2 Å². The molecule has 0 amide bonds. The van der Waals surface area contributed by atoms with Gasteiger partial charge >= 0.3 is 5.97 Å². The van der Waals surface area contributed by atoms with Crippen LogP contribution in [0, 0.1) is 34.3 Å². The quantitative estimate of drug-likeness (QED) is 0.760. The number of halogens is 3. The molecule has 4 nitrogen and oxygen atoms in total. The number of carbonyl (C=O) groups is 1. The SMILES string of the molecule is CC1N=C(Cc2cccc(F)c2)C(C#N)C(c2ccc(F)cc2Cl)C1(C)C(=O)O. The molecule has 1 aliphatic heterocycles. The minimum atomic E-state index is -1.44. The maximum atomic E-state index is 13.6. The van der Waals surface area contributed by atoms with Gasteiger partial charge in [-0.15, -0.1) is 0 Å². The van der Waals surface area contributed by atoms with E-state index in [1.165, 1.54) is 31.2 Å². The molecule has 0 saturated heterocycles. The fourth-order valence-electron chi connectivity index (χ4n) is 3.99. The molecular weight excluding hydrogens is 398 g/mol. The number of benzene rings is 2. The lowest BCUT2D eigenvalue weighted by Gasteiger charge is -2.44. The van der Waals surface area contributed by atoms with Crippen LogP contribution < -0.4 is 0 Å². The molecule has 7 heteroatoms. The summed E-state index contributed by atoms with van der Waals surface area (Å²) in [7, 11) is 0. The molecule has 0 spiro atoms. The van der Waals surface area contributed by atoms with Gasteiger partial charge in [0.25, 0.3) is 0 Å². The number of aliphatic imine (C=N–C) groups is 1. The number of aliphatic carboxylic acids is 1. The van der Waals surface area contributed by atoms with Crippen LogP contribution in [0.2, 0.25) is 5.02 Å². The molecule has 0 bridgehead atoms. The third-order valence-electron chi connectivity index (χ3n) is 5.74. The van der Waals surface area contributed by atoms with Gasteiger partial charge in [-0.3, -0.25) is 9.79 Å². The highest BCUT2D eigenvalue weighted by molar-refractivity contribution is 6.31. The number of carboxylic acids is 1. The van der Waals surface area contributed by atoms with Crippen LogP contribution in [0.25, 0.3) is 0 Å². The number of rotatable bonds is 4. The van der Waals surface area contributed by atoms with E-state index in [0.29, 0.717) is 16.8 Å². The summed E-state index contributed by atoms with van der Waals surface area (Å²) in [5.74, 6) is -3.85. The molecule has 0 saturated carbocycles. The first-order valence-electron chi connectivity index (χ1n) is 9.07. The van der Waals surface area contributed by atoms with Crippen LogP contribution in [-0.4, -0.2) is 22.8 Å². The van der Waals surface area contributed by atoms with Crippen molar-refractivity contribution in [3.8, 4) is 6.07 Å². The van der Waals surface area contributed by atoms with Crippen molar-refractivity contribution >= 4 is 23.3 Å². The highest BCUT2D eigenvalue weighted by atomic mass is 35.5. The van der Waals surface area contributed by atoms with E-state index in [0.717, 1.165) is 6.07 Å². The topological polar surface area (TPSA) is 73.5 Å². The molecule has 4 unspecified atom stereocenters. The molecule has 150 valence electrons. The number of hydrogen-bond acceptors (Lipinski definition) is 3. The van der Waals surface area contributed by atoms with Crippen molar-refractivity contribution in [1.29, 1.82) is 5.26 Å². The van der Waals surface area contributed by atoms with Crippen molar-refractivity contribution in [2.75, 3.05) is 0 Å². The first kappa shape index (κ1) is 20.9. The molecule has 1 N–H and O–H groups in total. The second kappa shape index (κ2) is 7.92. The molecule has 29 heavy (non-hydrogen) atoms. The Morgan fingerprint density at radius 2 is 1.97 bits per heavy atom. The van der Waals surface area contributed by atoms with Gasteiger partial charge in [0, 0.05) is 23.1 Å². The van der Waals surface area contributed by atoms with Crippen LogP contribution >= 0.6 is 11.6 Å². The van der Waals surface area contributed by atoms with Gasteiger partial charge in [-0.2, -0.15) is 5.26 Å². The van der Waals surface area contributed by atoms with Gasteiger partial charge in [0.05, 0.1) is 23.4 Å². The zero-order valence-corrected chi connectivity index (χ0v) is 16.6. The Balaban J connectivity index is 2.16. The summed E-state index contributed by atoms with van der Waals surface area (Å²) in [6.45, 7) is 3.19. The Hall–Kier alpha value is -2.78. The summed E-state index contributed by atoms with van der Waals surface area (Å²) in [6.07, 6.45) is 0.200. The fraction of sp³-hybridized carbons (Fsp3) is 0.318. The standard InChI is InChI=1S/C22H19ClF2N2O2/c1-12-22(2,21(28)29)20(16-7-6-15(25)10-18(16)23)17(11-26)19(27-12)9-13-4-3-5-14(24)8-13/h3-8,10,12,17,20H,9H2,1-2H3,(H,28,29). The smallest absolute Gasteiger partial charge is 0.312 e. The number of carboxylic acid groups (broad SMARTS) is 1. The molecule has 0 radical (unpaired) electrons. The van der Waals surface area contributed by atoms with Crippen LogP contribution in [0.1, 0.15) is 30.9 Å². The second-order valence-corrected chi connectivity index (χ2v) is 7.85. The number of hydrogen-bond donors (Lipinski definition) is 1. The lowest BCUT2D eigenvalue weighted by Crippen LogP contribution is -2.50. The monoisotopic (exact) mass is 416 g/mol. The van der Waals surface area contributed by atoms with E-state index in [1.54, 1.807) is 19.1 Å². The lowest BCUT2D eigenvalue weighted by molar-refractivity contribution is -0.151. The van der Waals surface area contributed by atoms with Gasteiger partial charge in [0.15, 0.2) is 0 Å². The van der Waals surface area contributed by atoms with Gasteiger partial charge in [0.2, 0.25) is 0 Å². The summed E-state index contributed by atoms with van der Waals surface area (Å²) in [6, 6.07) is 11.2. The molecule has 2 aromatic rings. The van der Waals surface area contributed by atoms with Crippen LogP contribution in [0.3, 0.4) is 0 Å². The minimum Gasteiger partial charge on any atom is -0.481 e. The van der Waals surface area contributed by atoms with E-state index in [-0.39, 0.29) is 11.4 Å². The number of nitriles is 1. The first-order valence-corrected chi connectivity index (χ1v) is 9.45. The second-order valence-electron chi connectivity index (χ2n) is 7.44. The Morgan fingerprint density at radius 1 is 1.28 bits per heavy atom. The molecule has 1 aliphatic rings. The summed E-state index contributed by atoms with van der Waals surface area (Å²) < 4.78 is 27.2. The molecule has 1 heterocycles. The normalized spacial score (nSPS) is 26.5. The predicted molar refractivity (Wildman–Crippen MR) is 106 cm³/mol. The van der Waals surface area contributed by atoms with Gasteiger partial charge in [-0.05, 0) is 49.2 Å². The van der Waals surface area contributed by atoms with Crippen molar-refractivity contribution in [1.82, 2.24) is 0 Å². The first-order chi connectivity index (χ1) is 13.7. The van der Waals surface area contributed by atoms with E-state index in [1.807, 2.05) is 0 Å². The van der Waals surface area contributed by atoms with E-state index >= 15 is 0 Å². The van der Waals surface area contributed by atoms with Crippen LogP contribution in [-0.2, 0) is 11.2 Å². The number of nitrogens with zero attached hydrogens (tertiary/aromatic N) is 2. The van der Waals surface area contributed by atoms with Gasteiger partial charge in [0.1, 0.15) is 11.6 Å². The summed E-state index contributed by atoms with van der Waals surface area (Å²) in [5, 5.41) is 20.0. The van der Waals surface area contributed by atoms with E-state index in [9.17, 15) is 23.9 Å². The highest BCUT2D eigenvalue weighted by Gasteiger charge is 2.54. The maximum absolute atomic E-state index is 13.6. The lowest BCUT2D eigenvalue weighted by atomic mass is 9.60. The third-order valence-corrected chi connectivity index (χ3v) is 6.06. The van der Waals surface area contributed by atoms with Gasteiger partial charge in [-0.25, -0.2) is 8.78 Å². The van der Waals surface area contributed by atoms with Gasteiger partial charge in [-0.1, -0.05) is 29.8 Å². The van der Waals surface area contributed by atoms with Crippen LogP contribution in [0.5, 0.6) is 0 Å². The summed E-state index contributed by atoms with van der Waals surface area (Å²) >= 11 is 6.26. The van der Waals surface area contributed by atoms with Crippen LogP contribution in [0.4, 0.5) is 8.78 Å². The zero-order valence-electron chi connectivity index (χ0n) is 15.9. The highest BCUT2D eigenvalue weighted by Crippen LogP contribution is 2.50. The van der Waals surface area contributed by atoms with Crippen molar-refractivity contribution in [2.45, 2.75) is 32.2 Å². The third kappa shape index (κ3) is 3.75. The van der Waals surface area contributed by atoms with Crippen molar-refractivity contribution in [2.24, 2.45) is 16.3 Å². The fourth-order valence-corrected chi connectivity index (χ4v) is 4.28. The van der Waals surface area contributed by atoms with Crippen LogP contribution in [0.15, 0.2) is 47.5 Å². The Morgan fingerprint density at radius 3 is 2.55 bits per heavy atom. The average molecular weight is 417 g/mol. The molecule has 4 atom stereocenters. The average Bonchev–Trinajstić information content (AvgIpc) is 2.65. The molecule has 0 fully saturated rings. The predicted octanol–water partition coefficient (Wildman–Crippen LogP) is 5.02. The van der Waals surface area contributed by atoms with E-state index in [2.05, 4.69) is 11.1 Å². The van der Waals surface area contributed by atoms with Gasteiger partial charge < -0.3 is 5.11 Å². The largest absolute Gasteiger partial charge is 0.481 e. The van der Waals surface area contributed by atoms with E-state index in [4.69, 9.17) is 11.6 Å². The summed E-state index contributed by atoms with van der Waals surface area (Å²) in [5.41, 5.74) is 0.0182. The zero-order chi connectivity index (χ0) is 21.3. The minimum absolute atomic E-state index is 0.0573. The van der Waals surface area contributed by atoms with E-state index < -0.39 is 40.9 Å². The van der Waals surface area contributed by atoms with Crippen molar-refractivity contribution in [3.63, 3.8) is 0 Å². The molecule has 0 aromatic heterocycles. The molecule has 2 aromatic carbocycles. The molecule has 3 rings (SSSR count). The molecule has 0 aliphatic carbocycles. The Bertz CT molecular complexity index is 1030. The Labute approximate surface area is 172 Å². The summed E-state index contributed by atoms with van der Waals surface area (Å²) in [4.78, 5) is 16.8. The molecular formula is C22H19ClF2N2O2. The Kier molecular flexibility index (Phi) is 5.72. The van der Waals surface area contributed by atoms with Crippen molar-refractivity contribution < 1.29 is 18.7 Å².